The van der Waals surface area contributed by atoms with E-state index in [0.717, 1.165) is 44.3 Å². The first-order valence-electron chi connectivity index (χ1n) is 10.4. The van der Waals surface area contributed by atoms with Crippen molar-refractivity contribution in [3.8, 4) is 11.5 Å². The number of methoxy groups -OCH3 is 2. The quantitative estimate of drug-likeness (QED) is 0.585. The number of carbonyl (C=O) groups is 1. The van der Waals surface area contributed by atoms with E-state index >= 15 is 0 Å². The number of aryl methyl sites for hydroxylation is 2. The number of anilines is 1. The summed E-state index contributed by atoms with van der Waals surface area (Å²) in [5, 5.41) is 3.15. The number of hydrogen-bond acceptors (Lipinski definition) is 3. The van der Waals surface area contributed by atoms with Crippen molar-refractivity contribution >= 4 is 11.6 Å². The van der Waals surface area contributed by atoms with Gasteiger partial charge in [-0.2, -0.15) is 0 Å². The van der Waals surface area contributed by atoms with Gasteiger partial charge in [0.25, 0.3) is 5.91 Å². The Balaban J connectivity index is 1.90. The first-order valence-corrected chi connectivity index (χ1v) is 10.4. The Bertz CT molecular complexity index is 1030. The molecule has 2 atom stereocenters. The van der Waals surface area contributed by atoms with Gasteiger partial charge in [0, 0.05) is 22.9 Å². The van der Waals surface area contributed by atoms with Gasteiger partial charge in [-0.25, -0.2) is 0 Å². The Morgan fingerprint density at radius 3 is 2.39 bits per heavy atom. The Morgan fingerprint density at radius 2 is 1.71 bits per heavy atom. The smallest absolute Gasteiger partial charge is 0.287 e. The van der Waals surface area contributed by atoms with Crippen LogP contribution in [-0.4, -0.2) is 27.2 Å². The van der Waals surface area contributed by atoms with E-state index in [-0.39, 0.29) is 11.9 Å². The summed E-state index contributed by atoms with van der Waals surface area (Å²) in [6.45, 7) is 4.65. The second-order valence-corrected chi connectivity index (χ2v) is 7.85. The molecule has 1 amide bonds. The summed E-state index contributed by atoms with van der Waals surface area (Å²) in [4.78, 5) is 14.5. The van der Waals surface area contributed by atoms with Crippen LogP contribution in [0, 0.1) is 13.8 Å². The van der Waals surface area contributed by atoms with E-state index in [1.807, 2.05) is 87.6 Å². The lowest BCUT2D eigenvalue weighted by Gasteiger charge is -2.26. The number of amides is 1. The molecule has 0 saturated heterocycles. The highest BCUT2D eigenvalue weighted by atomic mass is 16.5. The van der Waals surface area contributed by atoms with E-state index < -0.39 is 0 Å². The first kappa shape index (κ1) is 22.4. The maximum atomic E-state index is 13.5. The molecule has 162 valence electrons. The number of likely N-dealkylation sites (N-methyl/N-ethyl adjacent to an activating group) is 1. The van der Waals surface area contributed by atoms with Gasteiger partial charge in [-0.05, 0) is 43.2 Å². The summed E-state index contributed by atoms with van der Waals surface area (Å²) in [6.07, 6.45) is 0. The van der Waals surface area contributed by atoms with E-state index in [9.17, 15) is 4.79 Å². The van der Waals surface area contributed by atoms with E-state index in [2.05, 4.69) is 5.32 Å². The van der Waals surface area contributed by atoms with Crippen molar-refractivity contribution in [2.75, 3.05) is 26.6 Å². The molecular weight excluding hydrogens is 388 g/mol. The minimum Gasteiger partial charge on any atom is -0.497 e. The van der Waals surface area contributed by atoms with Crippen LogP contribution in [0.5, 0.6) is 11.5 Å². The average Bonchev–Trinajstić information content (AvgIpc) is 2.77. The van der Waals surface area contributed by atoms with E-state index in [1.54, 1.807) is 14.2 Å². The molecule has 0 aliphatic carbocycles. The lowest BCUT2D eigenvalue weighted by Crippen LogP contribution is -3.09. The van der Waals surface area contributed by atoms with E-state index in [4.69, 9.17) is 9.47 Å². The maximum Gasteiger partial charge on any atom is 0.287 e. The SMILES string of the molecule is COc1ccc(C[NH+](C)[C@H](C(=O)Nc2cc(C)ccc2C)c2ccccc2)c(OC)c1. The van der Waals surface area contributed by atoms with Gasteiger partial charge in [-0.15, -0.1) is 0 Å². The molecule has 0 aromatic heterocycles. The fourth-order valence-electron chi connectivity index (χ4n) is 3.78. The van der Waals surface area contributed by atoms with Gasteiger partial charge in [0.15, 0.2) is 6.04 Å². The summed E-state index contributed by atoms with van der Waals surface area (Å²) in [7, 11) is 5.31. The Hall–Kier alpha value is -3.31. The van der Waals surface area contributed by atoms with Crippen molar-refractivity contribution in [3.63, 3.8) is 0 Å². The van der Waals surface area contributed by atoms with E-state index in [1.165, 1.54) is 0 Å². The first-order chi connectivity index (χ1) is 14.9. The minimum absolute atomic E-state index is 0.0371. The van der Waals surface area contributed by atoms with Gasteiger partial charge >= 0.3 is 0 Å². The molecule has 0 fully saturated rings. The van der Waals surface area contributed by atoms with Crippen LogP contribution >= 0.6 is 0 Å². The van der Waals surface area contributed by atoms with Crippen LogP contribution in [0.1, 0.15) is 28.3 Å². The molecule has 0 radical (unpaired) electrons. The molecule has 5 heteroatoms. The molecule has 0 aliphatic heterocycles. The van der Waals surface area contributed by atoms with Crippen molar-refractivity contribution in [2.24, 2.45) is 0 Å². The number of nitrogens with one attached hydrogen (secondary N) is 2. The minimum atomic E-state index is -0.382. The molecule has 5 nitrogen and oxygen atoms in total. The highest BCUT2D eigenvalue weighted by Gasteiger charge is 2.30. The normalized spacial score (nSPS) is 12.7. The van der Waals surface area contributed by atoms with Crippen LogP contribution in [0.15, 0.2) is 66.7 Å². The van der Waals surface area contributed by atoms with Crippen molar-refractivity contribution in [1.82, 2.24) is 0 Å². The Kier molecular flexibility index (Phi) is 7.32. The Morgan fingerprint density at radius 1 is 0.968 bits per heavy atom. The highest BCUT2D eigenvalue weighted by molar-refractivity contribution is 5.95. The molecular formula is C26H31N2O3+. The standard InChI is InChI=1S/C26H30N2O3/c1-18-11-12-19(2)23(15-18)27-26(29)25(20-9-7-6-8-10-20)28(3)17-21-13-14-22(30-4)16-24(21)31-5/h6-16,25H,17H2,1-5H3,(H,27,29)/p+1/t25-/m0/s1. The molecule has 3 aromatic carbocycles. The fraction of sp³-hybridized carbons (Fsp3) is 0.269. The average molecular weight is 420 g/mol. The zero-order valence-corrected chi connectivity index (χ0v) is 18.9. The zero-order valence-electron chi connectivity index (χ0n) is 18.9. The number of hydrogen-bond donors (Lipinski definition) is 2. The summed E-state index contributed by atoms with van der Waals surface area (Å²) in [6, 6.07) is 21.4. The zero-order chi connectivity index (χ0) is 22.4. The van der Waals surface area contributed by atoms with Gasteiger partial charge in [-0.1, -0.05) is 42.5 Å². The Labute approximate surface area is 184 Å². The predicted molar refractivity (Wildman–Crippen MR) is 124 cm³/mol. The maximum absolute atomic E-state index is 13.5. The molecule has 3 rings (SSSR count). The van der Waals surface area contributed by atoms with Gasteiger partial charge in [-0.3, -0.25) is 4.79 Å². The predicted octanol–water partition coefficient (Wildman–Crippen LogP) is 3.72. The third-order valence-corrected chi connectivity index (χ3v) is 5.50. The monoisotopic (exact) mass is 419 g/mol. The topological polar surface area (TPSA) is 52.0 Å². The summed E-state index contributed by atoms with van der Waals surface area (Å²) < 4.78 is 10.9. The van der Waals surface area contributed by atoms with Crippen LogP contribution in [0.25, 0.3) is 0 Å². The lowest BCUT2D eigenvalue weighted by atomic mass is 10.0. The number of benzene rings is 3. The van der Waals surface area contributed by atoms with Crippen molar-refractivity contribution in [2.45, 2.75) is 26.4 Å². The molecule has 2 N–H and O–H groups in total. The van der Waals surface area contributed by atoms with Crippen LogP contribution in [0.2, 0.25) is 0 Å². The van der Waals surface area contributed by atoms with Crippen LogP contribution in [0.4, 0.5) is 5.69 Å². The molecule has 1 unspecified atom stereocenters. The number of ether oxygens (including phenoxy) is 2. The van der Waals surface area contributed by atoms with Gasteiger partial charge in [0.05, 0.1) is 21.3 Å². The lowest BCUT2D eigenvalue weighted by molar-refractivity contribution is -0.915. The molecule has 0 saturated carbocycles. The number of carbonyl (C=O) groups excluding carboxylic acids is 1. The van der Waals surface area contributed by atoms with Crippen molar-refractivity contribution in [1.29, 1.82) is 0 Å². The van der Waals surface area contributed by atoms with Crippen LogP contribution in [0.3, 0.4) is 0 Å². The number of rotatable bonds is 8. The second kappa shape index (κ2) is 10.1. The van der Waals surface area contributed by atoms with Crippen molar-refractivity contribution in [3.05, 3.63) is 89.0 Å². The third-order valence-electron chi connectivity index (χ3n) is 5.50. The second-order valence-electron chi connectivity index (χ2n) is 7.85. The molecule has 0 aliphatic rings. The number of quaternary nitrogens is 1. The molecule has 0 heterocycles. The largest absolute Gasteiger partial charge is 0.497 e. The summed E-state index contributed by atoms with van der Waals surface area (Å²) in [5.41, 5.74) is 4.98. The molecule has 0 bridgehead atoms. The summed E-state index contributed by atoms with van der Waals surface area (Å²) >= 11 is 0. The highest BCUT2D eigenvalue weighted by Crippen LogP contribution is 2.25. The van der Waals surface area contributed by atoms with Crippen LogP contribution < -0.4 is 19.7 Å². The van der Waals surface area contributed by atoms with E-state index in [0.29, 0.717) is 6.54 Å². The molecule has 0 spiro atoms. The summed E-state index contributed by atoms with van der Waals surface area (Å²) in [5.74, 6) is 1.45. The third kappa shape index (κ3) is 5.44. The van der Waals surface area contributed by atoms with Gasteiger partial charge < -0.3 is 19.7 Å². The van der Waals surface area contributed by atoms with Crippen LogP contribution in [-0.2, 0) is 11.3 Å². The molecule has 31 heavy (non-hydrogen) atoms. The van der Waals surface area contributed by atoms with Crippen molar-refractivity contribution < 1.29 is 19.2 Å². The van der Waals surface area contributed by atoms with Gasteiger partial charge in [0.2, 0.25) is 0 Å². The fourth-order valence-corrected chi connectivity index (χ4v) is 3.78. The van der Waals surface area contributed by atoms with Gasteiger partial charge in [0.1, 0.15) is 18.0 Å². The molecule has 3 aromatic rings.